The zero-order valence-electron chi connectivity index (χ0n) is 18.5. The van der Waals surface area contributed by atoms with Gasteiger partial charge in [0.1, 0.15) is 17.2 Å². The molecule has 0 saturated heterocycles. The Bertz CT molecular complexity index is 1370. The monoisotopic (exact) mass is 467 g/mol. The lowest BCUT2D eigenvalue weighted by Crippen LogP contribution is -2.18. The van der Waals surface area contributed by atoms with Crippen LogP contribution in [0.3, 0.4) is 0 Å². The first-order valence-electron chi connectivity index (χ1n) is 10.7. The number of para-hydroxylation sites is 3. The summed E-state index contributed by atoms with van der Waals surface area (Å²) in [6.07, 6.45) is 0. The Kier molecular flexibility index (Phi) is 7.18. The van der Waals surface area contributed by atoms with Crippen LogP contribution in [0.2, 0.25) is 0 Å². The highest BCUT2D eigenvalue weighted by atomic mass is 16.5. The molecule has 0 heterocycles. The summed E-state index contributed by atoms with van der Waals surface area (Å²) in [5.74, 6) is -0.630. The number of aromatic carboxylic acids is 1. The SMILES string of the molecule is O=C(COc1ccccc1NC(=O)c1ccccc1C(=O)O)c1cccc(Oc2ccccc2)c1. The van der Waals surface area contributed by atoms with Gasteiger partial charge in [0.2, 0.25) is 0 Å². The van der Waals surface area contributed by atoms with E-state index in [0.29, 0.717) is 22.7 Å². The van der Waals surface area contributed by atoms with E-state index in [1.165, 1.54) is 12.1 Å². The van der Waals surface area contributed by atoms with Crippen LogP contribution in [-0.2, 0) is 0 Å². The normalized spacial score (nSPS) is 10.3. The molecular weight excluding hydrogens is 446 g/mol. The summed E-state index contributed by atoms with van der Waals surface area (Å²) in [5.41, 5.74) is 0.624. The van der Waals surface area contributed by atoms with E-state index in [9.17, 15) is 19.5 Å². The maximum Gasteiger partial charge on any atom is 0.336 e. The largest absolute Gasteiger partial charge is 0.483 e. The fraction of sp³-hybridized carbons (Fsp3) is 0.0357. The number of nitrogens with one attached hydrogen (secondary N) is 1. The number of anilines is 1. The van der Waals surface area contributed by atoms with E-state index in [2.05, 4.69) is 5.32 Å². The van der Waals surface area contributed by atoms with Crippen molar-refractivity contribution in [1.82, 2.24) is 0 Å². The van der Waals surface area contributed by atoms with Crippen LogP contribution < -0.4 is 14.8 Å². The third kappa shape index (κ3) is 5.91. The van der Waals surface area contributed by atoms with Gasteiger partial charge in [-0.3, -0.25) is 9.59 Å². The molecular formula is C28H21NO6. The molecule has 0 aromatic heterocycles. The van der Waals surface area contributed by atoms with Gasteiger partial charge in [-0.15, -0.1) is 0 Å². The van der Waals surface area contributed by atoms with E-state index in [1.807, 2.05) is 30.3 Å². The molecule has 0 saturated carbocycles. The molecule has 4 aromatic rings. The highest BCUT2D eigenvalue weighted by Gasteiger charge is 2.18. The minimum atomic E-state index is -1.20. The quantitative estimate of drug-likeness (QED) is 0.307. The second-order valence-electron chi connectivity index (χ2n) is 7.46. The van der Waals surface area contributed by atoms with Gasteiger partial charge >= 0.3 is 5.97 Å². The molecule has 7 heteroatoms. The summed E-state index contributed by atoms with van der Waals surface area (Å²) < 4.78 is 11.5. The van der Waals surface area contributed by atoms with Crippen molar-refractivity contribution >= 4 is 23.3 Å². The number of amides is 1. The fourth-order valence-electron chi connectivity index (χ4n) is 3.34. The molecule has 0 fully saturated rings. The Morgan fingerprint density at radius 1 is 0.714 bits per heavy atom. The molecule has 2 N–H and O–H groups in total. The second-order valence-corrected chi connectivity index (χ2v) is 7.46. The second kappa shape index (κ2) is 10.8. The fourth-order valence-corrected chi connectivity index (χ4v) is 3.34. The van der Waals surface area contributed by atoms with Crippen LogP contribution in [0.5, 0.6) is 17.2 Å². The molecule has 7 nitrogen and oxygen atoms in total. The van der Waals surface area contributed by atoms with E-state index in [1.54, 1.807) is 60.7 Å². The number of Topliss-reactive ketones (excluding diaryl/α,β-unsaturated/α-hetero) is 1. The Hall–Kier alpha value is -4.91. The van der Waals surface area contributed by atoms with E-state index < -0.39 is 11.9 Å². The lowest BCUT2D eigenvalue weighted by molar-refractivity contribution is 0.0692. The van der Waals surface area contributed by atoms with Gasteiger partial charge < -0.3 is 19.9 Å². The number of hydrogen-bond donors (Lipinski definition) is 2. The first-order chi connectivity index (χ1) is 17.0. The van der Waals surface area contributed by atoms with Gasteiger partial charge in [0.05, 0.1) is 16.8 Å². The van der Waals surface area contributed by atoms with Crippen LogP contribution in [0.4, 0.5) is 5.69 Å². The molecule has 0 radical (unpaired) electrons. The highest BCUT2D eigenvalue weighted by molar-refractivity contribution is 6.11. The molecule has 0 aliphatic heterocycles. The van der Waals surface area contributed by atoms with Gasteiger partial charge in [-0.05, 0) is 48.5 Å². The Morgan fingerprint density at radius 2 is 1.37 bits per heavy atom. The average Bonchev–Trinajstić information content (AvgIpc) is 2.88. The Labute approximate surface area is 201 Å². The number of benzene rings is 4. The molecule has 1 amide bonds. The lowest BCUT2D eigenvalue weighted by Gasteiger charge is -2.13. The van der Waals surface area contributed by atoms with Crippen molar-refractivity contribution in [3.63, 3.8) is 0 Å². The highest BCUT2D eigenvalue weighted by Crippen LogP contribution is 2.26. The zero-order valence-corrected chi connectivity index (χ0v) is 18.5. The summed E-state index contributed by atoms with van der Waals surface area (Å²) in [6, 6.07) is 28.5. The predicted octanol–water partition coefficient (Wildman–Crippen LogP) is 5.69. The summed E-state index contributed by atoms with van der Waals surface area (Å²) in [6.45, 7) is -0.270. The maximum atomic E-state index is 12.8. The van der Waals surface area contributed by atoms with Crippen molar-refractivity contribution in [1.29, 1.82) is 0 Å². The third-order valence-electron chi connectivity index (χ3n) is 5.03. The Morgan fingerprint density at radius 3 is 2.14 bits per heavy atom. The summed E-state index contributed by atoms with van der Waals surface area (Å²) >= 11 is 0. The molecule has 0 atom stereocenters. The number of carbonyl (C=O) groups is 3. The van der Waals surface area contributed by atoms with Crippen LogP contribution in [0, 0.1) is 0 Å². The summed E-state index contributed by atoms with van der Waals surface area (Å²) in [5, 5.41) is 12.0. The molecule has 0 aliphatic carbocycles. The molecule has 0 bridgehead atoms. The van der Waals surface area contributed by atoms with Crippen LogP contribution >= 0.6 is 0 Å². The molecule has 0 spiro atoms. The molecule has 0 unspecified atom stereocenters. The molecule has 0 aliphatic rings. The van der Waals surface area contributed by atoms with Crippen molar-refractivity contribution < 1.29 is 29.0 Å². The minimum Gasteiger partial charge on any atom is -0.483 e. The van der Waals surface area contributed by atoms with E-state index in [0.717, 1.165) is 0 Å². The zero-order chi connectivity index (χ0) is 24.6. The van der Waals surface area contributed by atoms with Crippen LogP contribution in [0.15, 0.2) is 103 Å². The predicted molar refractivity (Wildman–Crippen MR) is 131 cm³/mol. The van der Waals surface area contributed by atoms with Gasteiger partial charge in [0.15, 0.2) is 12.4 Å². The van der Waals surface area contributed by atoms with Crippen molar-refractivity contribution in [2.75, 3.05) is 11.9 Å². The van der Waals surface area contributed by atoms with Gasteiger partial charge in [-0.1, -0.05) is 54.6 Å². The standard InChI is InChI=1S/C28H21NO6/c30-25(19-9-8-12-21(17-19)35-20-10-2-1-3-11-20)18-34-26-16-7-6-15-24(26)29-27(31)22-13-4-5-14-23(22)28(32)33/h1-17H,18H2,(H,29,31)(H,32,33). The number of ketones is 1. The maximum absolute atomic E-state index is 12.8. The average molecular weight is 467 g/mol. The first kappa shape index (κ1) is 23.3. The molecule has 4 aromatic carbocycles. The van der Waals surface area contributed by atoms with Gasteiger partial charge in [0, 0.05) is 5.56 Å². The van der Waals surface area contributed by atoms with E-state index in [-0.39, 0.29) is 29.3 Å². The van der Waals surface area contributed by atoms with Crippen LogP contribution in [-0.4, -0.2) is 29.4 Å². The number of carboxylic acids is 1. The minimum absolute atomic E-state index is 0.0149. The smallest absolute Gasteiger partial charge is 0.336 e. The van der Waals surface area contributed by atoms with Crippen molar-refractivity contribution in [2.24, 2.45) is 0 Å². The topological polar surface area (TPSA) is 102 Å². The van der Waals surface area contributed by atoms with E-state index in [4.69, 9.17) is 9.47 Å². The van der Waals surface area contributed by atoms with Gasteiger partial charge in [-0.25, -0.2) is 4.79 Å². The first-order valence-corrected chi connectivity index (χ1v) is 10.7. The van der Waals surface area contributed by atoms with E-state index >= 15 is 0 Å². The number of ether oxygens (including phenoxy) is 2. The number of hydrogen-bond acceptors (Lipinski definition) is 5. The molecule has 35 heavy (non-hydrogen) atoms. The van der Waals surface area contributed by atoms with Crippen LogP contribution in [0.25, 0.3) is 0 Å². The Balaban J connectivity index is 1.44. The number of rotatable bonds is 9. The molecule has 4 rings (SSSR count). The van der Waals surface area contributed by atoms with Crippen molar-refractivity contribution in [3.8, 4) is 17.2 Å². The van der Waals surface area contributed by atoms with Crippen LogP contribution in [0.1, 0.15) is 31.1 Å². The molecule has 174 valence electrons. The number of carbonyl (C=O) groups excluding carboxylic acids is 2. The van der Waals surface area contributed by atoms with Gasteiger partial charge in [-0.2, -0.15) is 0 Å². The van der Waals surface area contributed by atoms with Crippen molar-refractivity contribution in [3.05, 3.63) is 120 Å². The lowest BCUT2D eigenvalue weighted by atomic mass is 10.1. The van der Waals surface area contributed by atoms with Crippen molar-refractivity contribution in [2.45, 2.75) is 0 Å². The summed E-state index contributed by atoms with van der Waals surface area (Å²) in [7, 11) is 0. The summed E-state index contributed by atoms with van der Waals surface area (Å²) in [4.78, 5) is 36.9. The van der Waals surface area contributed by atoms with Gasteiger partial charge in [0.25, 0.3) is 5.91 Å². The third-order valence-corrected chi connectivity index (χ3v) is 5.03. The number of carboxylic acid groups (broad SMARTS) is 1.